The van der Waals surface area contributed by atoms with Gasteiger partial charge in [-0.15, -0.1) is 0 Å². The van der Waals surface area contributed by atoms with Crippen LogP contribution < -0.4 is 9.47 Å². The number of allylic oxidation sites excluding steroid dienone is 4. The Kier molecular flexibility index (Phi) is 6.43. The second kappa shape index (κ2) is 9.97. The zero-order valence-corrected chi connectivity index (χ0v) is 19.8. The van der Waals surface area contributed by atoms with Crippen LogP contribution in [0.15, 0.2) is 60.7 Å². The minimum Gasteiger partial charge on any atom is -0.491 e. The summed E-state index contributed by atoms with van der Waals surface area (Å²) in [6, 6.07) is 17.2. The molecule has 4 nitrogen and oxygen atoms in total. The molecule has 178 valence electrons. The van der Waals surface area contributed by atoms with Crippen molar-refractivity contribution < 1.29 is 18.9 Å². The molecule has 0 N–H and O–H groups in total. The largest absolute Gasteiger partial charge is 0.491 e. The van der Waals surface area contributed by atoms with E-state index < -0.39 is 0 Å². The van der Waals surface area contributed by atoms with E-state index >= 15 is 0 Å². The molecule has 4 heteroatoms. The molecule has 4 atom stereocenters. The Hall–Kier alpha value is -2.56. The van der Waals surface area contributed by atoms with Gasteiger partial charge >= 0.3 is 0 Å². The number of hydrogen-bond donors (Lipinski definition) is 0. The van der Waals surface area contributed by atoms with Crippen LogP contribution in [0.3, 0.4) is 0 Å². The van der Waals surface area contributed by atoms with Gasteiger partial charge in [-0.2, -0.15) is 0 Å². The van der Waals surface area contributed by atoms with Crippen LogP contribution in [0.2, 0.25) is 0 Å². The molecule has 0 bridgehead atoms. The molecule has 0 amide bonds. The summed E-state index contributed by atoms with van der Waals surface area (Å²) >= 11 is 0. The van der Waals surface area contributed by atoms with Gasteiger partial charge in [-0.3, -0.25) is 0 Å². The van der Waals surface area contributed by atoms with Crippen LogP contribution in [0.5, 0.6) is 11.5 Å². The highest BCUT2D eigenvalue weighted by atomic mass is 16.6. The third kappa shape index (κ3) is 5.56. The first-order valence-corrected chi connectivity index (χ1v) is 12.9. The molecule has 2 saturated heterocycles. The molecule has 4 aliphatic rings. The highest BCUT2D eigenvalue weighted by Crippen LogP contribution is 2.41. The maximum absolute atomic E-state index is 5.78. The monoisotopic (exact) mass is 458 g/mol. The van der Waals surface area contributed by atoms with E-state index in [0.29, 0.717) is 25.4 Å². The molecule has 2 aliphatic carbocycles. The molecule has 34 heavy (non-hydrogen) atoms. The predicted molar refractivity (Wildman–Crippen MR) is 134 cm³/mol. The third-order valence-corrected chi connectivity index (χ3v) is 7.70. The number of benzene rings is 2. The van der Waals surface area contributed by atoms with Gasteiger partial charge in [0.1, 0.15) is 36.9 Å². The summed E-state index contributed by atoms with van der Waals surface area (Å²) < 4.78 is 22.0. The smallest absolute Gasteiger partial charge is 0.119 e. The van der Waals surface area contributed by atoms with Crippen LogP contribution in [-0.2, 0) is 9.47 Å². The molecule has 4 unspecified atom stereocenters. The topological polar surface area (TPSA) is 43.5 Å². The van der Waals surface area contributed by atoms with Crippen molar-refractivity contribution in [2.45, 2.75) is 50.7 Å². The van der Waals surface area contributed by atoms with Crippen molar-refractivity contribution in [1.82, 2.24) is 0 Å². The maximum Gasteiger partial charge on any atom is 0.119 e. The highest BCUT2D eigenvalue weighted by Gasteiger charge is 2.27. The van der Waals surface area contributed by atoms with Crippen molar-refractivity contribution in [3.8, 4) is 11.5 Å². The molecule has 2 aromatic carbocycles. The highest BCUT2D eigenvalue weighted by molar-refractivity contribution is 5.68. The van der Waals surface area contributed by atoms with Gasteiger partial charge < -0.3 is 18.9 Å². The zero-order valence-electron chi connectivity index (χ0n) is 19.8. The van der Waals surface area contributed by atoms with Gasteiger partial charge in [0.2, 0.25) is 0 Å². The van der Waals surface area contributed by atoms with E-state index in [1.807, 2.05) is 0 Å². The van der Waals surface area contributed by atoms with Crippen molar-refractivity contribution in [2.75, 3.05) is 26.4 Å². The molecule has 0 aromatic heterocycles. The minimum absolute atomic E-state index is 0.302. The zero-order chi connectivity index (χ0) is 22.7. The van der Waals surface area contributed by atoms with Gasteiger partial charge in [-0.1, -0.05) is 36.4 Å². The van der Waals surface area contributed by atoms with Crippen LogP contribution in [-0.4, -0.2) is 38.6 Å². The first-order valence-electron chi connectivity index (χ1n) is 12.9. The van der Waals surface area contributed by atoms with Crippen molar-refractivity contribution in [3.05, 3.63) is 71.8 Å². The number of hydrogen-bond acceptors (Lipinski definition) is 4. The summed E-state index contributed by atoms with van der Waals surface area (Å²) in [6.45, 7) is 3.00. The third-order valence-electron chi connectivity index (χ3n) is 7.70. The van der Waals surface area contributed by atoms with E-state index in [0.717, 1.165) is 36.5 Å². The van der Waals surface area contributed by atoms with Crippen molar-refractivity contribution in [3.63, 3.8) is 0 Å². The molecule has 0 radical (unpaired) electrons. The summed E-state index contributed by atoms with van der Waals surface area (Å²) in [6.07, 6.45) is 13.0. The Morgan fingerprint density at radius 3 is 1.35 bits per heavy atom. The van der Waals surface area contributed by atoms with Gasteiger partial charge in [-0.25, -0.2) is 0 Å². The van der Waals surface area contributed by atoms with Crippen molar-refractivity contribution in [2.24, 2.45) is 11.8 Å². The summed E-state index contributed by atoms with van der Waals surface area (Å²) in [7, 11) is 0. The average Bonchev–Trinajstić information content (AvgIpc) is 3.83. The first kappa shape index (κ1) is 21.9. The molecular weight excluding hydrogens is 424 g/mol. The van der Waals surface area contributed by atoms with E-state index in [1.165, 1.54) is 60.8 Å². The van der Waals surface area contributed by atoms with Gasteiger partial charge in [0.15, 0.2) is 0 Å². The lowest BCUT2D eigenvalue weighted by Gasteiger charge is -2.32. The van der Waals surface area contributed by atoms with Gasteiger partial charge in [0.05, 0.1) is 13.2 Å². The Labute approximate surface area is 202 Å². The second-order valence-electron chi connectivity index (χ2n) is 10.1. The molecule has 2 aromatic rings. The lowest BCUT2D eigenvalue weighted by atomic mass is 9.73. The van der Waals surface area contributed by atoms with Crippen LogP contribution in [0, 0.1) is 11.8 Å². The van der Waals surface area contributed by atoms with Crippen LogP contribution in [0.25, 0.3) is 11.1 Å². The summed E-state index contributed by atoms with van der Waals surface area (Å²) in [5, 5.41) is 0. The number of epoxide rings is 2. The number of ether oxygens (including phenoxy) is 4. The van der Waals surface area contributed by atoms with Gasteiger partial charge in [0, 0.05) is 0 Å². The summed E-state index contributed by atoms with van der Waals surface area (Å²) in [5.74, 6) is 3.49. The Morgan fingerprint density at radius 1 is 0.618 bits per heavy atom. The molecule has 0 spiro atoms. The fourth-order valence-electron chi connectivity index (χ4n) is 5.33. The molecular formula is C30H34O4. The van der Waals surface area contributed by atoms with E-state index in [-0.39, 0.29) is 0 Å². The van der Waals surface area contributed by atoms with Gasteiger partial charge in [-0.05, 0) is 96.9 Å². The second-order valence-corrected chi connectivity index (χ2v) is 10.1. The van der Waals surface area contributed by atoms with E-state index in [2.05, 4.69) is 60.7 Å². The first-order chi connectivity index (χ1) is 16.8. The van der Waals surface area contributed by atoms with Crippen molar-refractivity contribution >= 4 is 11.1 Å². The predicted octanol–water partition coefficient (Wildman–Crippen LogP) is 6.31. The standard InChI is InChI=1S/C30H34O4/c1-5-23(25-9-13-27(14-10-25)31-17-29-19-33-29)6-2-21(1)22-3-7-24(8-4-22)26-11-15-28(16-12-26)32-18-30-20-34-30/h5,7,9-16,21-22,29-30H,1-4,6,8,17-20H2. The van der Waals surface area contributed by atoms with Crippen molar-refractivity contribution in [1.29, 1.82) is 0 Å². The van der Waals surface area contributed by atoms with E-state index in [4.69, 9.17) is 18.9 Å². The lowest BCUT2D eigenvalue weighted by molar-refractivity contribution is 0.263. The Bertz CT molecular complexity index is 943. The molecule has 2 fully saturated rings. The minimum atomic E-state index is 0.302. The number of rotatable bonds is 9. The Morgan fingerprint density at radius 2 is 1.03 bits per heavy atom. The lowest BCUT2D eigenvalue weighted by Crippen LogP contribution is -2.19. The normalized spacial score (nSPS) is 28.0. The molecule has 0 saturated carbocycles. The average molecular weight is 459 g/mol. The molecule has 2 heterocycles. The fourth-order valence-corrected chi connectivity index (χ4v) is 5.33. The Balaban J connectivity index is 0.998. The van der Waals surface area contributed by atoms with Crippen LogP contribution in [0.4, 0.5) is 0 Å². The van der Waals surface area contributed by atoms with Crippen LogP contribution >= 0.6 is 0 Å². The van der Waals surface area contributed by atoms with E-state index in [1.54, 1.807) is 0 Å². The SMILES string of the molecule is C1=C(c2ccc(OCC3CO3)cc2)CCC(C2CC=C(c3ccc(OCC4CO4)cc3)CC2)C1. The van der Waals surface area contributed by atoms with Crippen LogP contribution in [0.1, 0.15) is 49.7 Å². The molecule has 6 rings (SSSR count). The summed E-state index contributed by atoms with van der Waals surface area (Å²) in [5.41, 5.74) is 5.68. The molecule has 2 aliphatic heterocycles. The summed E-state index contributed by atoms with van der Waals surface area (Å²) in [4.78, 5) is 0. The fraction of sp³-hybridized carbons (Fsp3) is 0.467. The van der Waals surface area contributed by atoms with E-state index in [9.17, 15) is 0 Å². The quantitative estimate of drug-likeness (QED) is 0.413. The maximum atomic E-state index is 5.78. The van der Waals surface area contributed by atoms with Gasteiger partial charge in [0.25, 0.3) is 0 Å².